The maximum Gasteiger partial charge on any atom is 0.407 e. The van der Waals surface area contributed by atoms with Crippen molar-refractivity contribution >= 4 is 39.7 Å². The van der Waals surface area contributed by atoms with Gasteiger partial charge in [-0.2, -0.15) is 0 Å². The summed E-state index contributed by atoms with van der Waals surface area (Å²) in [7, 11) is 1.29. The van der Waals surface area contributed by atoms with E-state index in [0.717, 1.165) is 76.5 Å². The second kappa shape index (κ2) is 15.4. The van der Waals surface area contributed by atoms with Crippen LogP contribution in [0.25, 0.3) is 32.9 Å². The van der Waals surface area contributed by atoms with Gasteiger partial charge in [-0.1, -0.05) is 64.8 Å². The van der Waals surface area contributed by atoms with E-state index in [1.54, 1.807) is 11.1 Å². The molecule has 280 valence electrons. The number of imidazole rings is 2. The Balaban J connectivity index is 1.05. The molecule has 11 heteroatoms. The molecule has 3 N–H and O–H groups in total. The molecule has 0 saturated carbocycles. The number of nitrogens with one attached hydrogen (secondary N) is 3. The summed E-state index contributed by atoms with van der Waals surface area (Å²) in [5.74, 6) is 8.28. The number of aromatic nitrogens is 4. The van der Waals surface area contributed by atoms with Gasteiger partial charge in [0.25, 0.3) is 0 Å². The molecule has 2 aliphatic heterocycles. The van der Waals surface area contributed by atoms with Crippen LogP contribution in [0.15, 0.2) is 60.8 Å². The van der Waals surface area contributed by atoms with Crippen LogP contribution in [0.4, 0.5) is 4.79 Å². The van der Waals surface area contributed by atoms with Gasteiger partial charge in [0, 0.05) is 24.6 Å². The standard InChI is InChI=1S/C43H49N7O4/c1-25(2)27(5)41(51)49-19-8-10-37(49)40-46-34-18-16-32(23-35(34)47-40)31-15-14-29-21-28(11-13-30(29)22-31)12-17-33-24-44-39(45-33)36-9-7-20-50(36)42(52)38(26(3)4)48-43(53)54-6/h11,13-16,18,21-27,36-38H,7-10,19-20H2,1-6H3,(H,44,45)(H,46,47)(H,48,53)/t27-,36-,37-,38-/m0/s1. The first kappa shape index (κ1) is 36.7. The lowest BCUT2D eigenvalue weighted by Gasteiger charge is -2.29. The molecule has 2 aromatic heterocycles. The zero-order valence-electron chi connectivity index (χ0n) is 31.9. The predicted octanol–water partition coefficient (Wildman–Crippen LogP) is 7.51. The Labute approximate surface area is 316 Å². The first-order valence-corrected chi connectivity index (χ1v) is 19.1. The zero-order chi connectivity index (χ0) is 38.1. The quantitative estimate of drug-likeness (QED) is 0.142. The van der Waals surface area contributed by atoms with Crippen molar-refractivity contribution in [2.75, 3.05) is 20.2 Å². The Morgan fingerprint density at radius 3 is 2.19 bits per heavy atom. The molecular formula is C43H49N7O4. The molecule has 54 heavy (non-hydrogen) atoms. The van der Waals surface area contributed by atoms with Crippen LogP contribution in [-0.4, -0.2) is 73.9 Å². The summed E-state index contributed by atoms with van der Waals surface area (Å²) in [4.78, 5) is 58.8. The fourth-order valence-corrected chi connectivity index (χ4v) is 7.63. The van der Waals surface area contributed by atoms with E-state index in [1.165, 1.54) is 7.11 Å². The van der Waals surface area contributed by atoms with Crippen molar-refractivity contribution in [3.8, 4) is 23.0 Å². The number of methoxy groups -OCH3 is 1. The lowest BCUT2D eigenvalue weighted by atomic mass is 9.96. The summed E-state index contributed by atoms with van der Waals surface area (Å²) >= 11 is 0. The van der Waals surface area contributed by atoms with Crippen molar-refractivity contribution < 1.29 is 19.1 Å². The molecule has 5 aromatic rings. The van der Waals surface area contributed by atoms with Crippen LogP contribution < -0.4 is 5.32 Å². The van der Waals surface area contributed by atoms with Crippen LogP contribution in [0.3, 0.4) is 0 Å². The van der Waals surface area contributed by atoms with E-state index in [-0.39, 0.29) is 35.7 Å². The average Bonchev–Trinajstić information content (AvgIpc) is 4.00. The molecule has 0 unspecified atom stereocenters. The van der Waals surface area contributed by atoms with Crippen LogP contribution in [-0.2, 0) is 14.3 Å². The molecular weight excluding hydrogens is 679 g/mol. The number of amides is 3. The average molecular weight is 728 g/mol. The van der Waals surface area contributed by atoms with Gasteiger partial charge in [0.05, 0.1) is 36.4 Å². The van der Waals surface area contributed by atoms with E-state index < -0.39 is 12.1 Å². The molecule has 4 heterocycles. The number of carbonyl (C=O) groups excluding carboxylic acids is 3. The largest absolute Gasteiger partial charge is 0.453 e. The molecule has 11 nitrogen and oxygen atoms in total. The van der Waals surface area contributed by atoms with E-state index in [2.05, 4.69) is 94.5 Å². The highest BCUT2D eigenvalue weighted by atomic mass is 16.5. The minimum Gasteiger partial charge on any atom is -0.453 e. The summed E-state index contributed by atoms with van der Waals surface area (Å²) < 4.78 is 4.75. The molecule has 0 aliphatic carbocycles. The Morgan fingerprint density at radius 2 is 1.46 bits per heavy atom. The van der Waals surface area contributed by atoms with Gasteiger partial charge in [-0.05, 0) is 95.7 Å². The van der Waals surface area contributed by atoms with Crippen LogP contribution >= 0.6 is 0 Å². The van der Waals surface area contributed by atoms with Gasteiger partial charge in [0.2, 0.25) is 11.8 Å². The first-order valence-electron chi connectivity index (χ1n) is 19.1. The van der Waals surface area contributed by atoms with Crippen LogP contribution in [0.1, 0.15) is 95.3 Å². The topological polar surface area (TPSA) is 136 Å². The number of rotatable bonds is 8. The highest BCUT2D eigenvalue weighted by Gasteiger charge is 2.38. The maximum absolute atomic E-state index is 13.5. The minimum atomic E-state index is -0.685. The van der Waals surface area contributed by atoms with E-state index in [4.69, 9.17) is 9.72 Å². The van der Waals surface area contributed by atoms with Gasteiger partial charge < -0.3 is 29.8 Å². The Morgan fingerprint density at radius 1 is 0.796 bits per heavy atom. The van der Waals surface area contributed by atoms with E-state index in [9.17, 15) is 14.4 Å². The third kappa shape index (κ3) is 7.43. The lowest BCUT2D eigenvalue weighted by Crippen LogP contribution is -2.51. The third-order valence-corrected chi connectivity index (χ3v) is 11.1. The number of hydrogen-bond donors (Lipinski definition) is 3. The number of likely N-dealkylation sites (tertiary alicyclic amines) is 2. The number of hydrogen-bond acceptors (Lipinski definition) is 6. The number of alkyl carbamates (subject to hydrolysis) is 1. The highest BCUT2D eigenvalue weighted by molar-refractivity contribution is 5.90. The molecule has 2 fully saturated rings. The molecule has 0 radical (unpaired) electrons. The fourth-order valence-electron chi connectivity index (χ4n) is 7.63. The molecule has 3 aromatic carbocycles. The predicted molar refractivity (Wildman–Crippen MR) is 209 cm³/mol. The summed E-state index contributed by atoms with van der Waals surface area (Å²) in [5.41, 5.74) is 5.62. The second-order valence-corrected chi connectivity index (χ2v) is 15.3. The van der Waals surface area contributed by atoms with Gasteiger partial charge in [-0.25, -0.2) is 14.8 Å². The molecule has 7 rings (SSSR count). The van der Waals surface area contributed by atoms with E-state index >= 15 is 0 Å². The monoisotopic (exact) mass is 727 g/mol. The van der Waals surface area contributed by atoms with Crippen LogP contribution in [0, 0.1) is 29.6 Å². The maximum atomic E-state index is 13.5. The third-order valence-electron chi connectivity index (χ3n) is 11.1. The normalized spacial score (nSPS) is 18.3. The SMILES string of the molecule is COC(=O)N[C@H](C(=O)N1CCC[C@H]1c1ncc(C#Cc2ccc3cc(-c4ccc5nc([C@@H]6CCCN6C(=O)[C@@H](C)C(C)C)[nH]c5c4)ccc3c2)[nH]1)C(C)C. The summed E-state index contributed by atoms with van der Waals surface area (Å²) in [6.07, 6.45) is 4.61. The smallest absolute Gasteiger partial charge is 0.407 e. The number of H-pyrrole nitrogens is 2. The molecule has 3 amide bonds. The van der Waals surface area contributed by atoms with Crippen LogP contribution in [0.5, 0.6) is 0 Å². The summed E-state index contributed by atoms with van der Waals surface area (Å²) in [6, 6.07) is 18.0. The van der Waals surface area contributed by atoms with Crippen molar-refractivity contribution in [2.45, 2.75) is 78.4 Å². The number of nitrogens with zero attached hydrogens (tertiary/aromatic N) is 4. The Kier molecular flexibility index (Phi) is 10.5. The Hall–Kier alpha value is -5.63. The minimum absolute atomic E-state index is 0.0150. The van der Waals surface area contributed by atoms with Crippen molar-refractivity contribution in [1.29, 1.82) is 0 Å². The second-order valence-electron chi connectivity index (χ2n) is 15.3. The molecule has 0 bridgehead atoms. The summed E-state index contributed by atoms with van der Waals surface area (Å²) in [5, 5.41) is 4.88. The zero-order valence-corrected chi connectivity index (χ0v) is 31.9. The van der Waals surface area contributed by atoms with Gasteiger partial charge in [-0.15, -0.1) is 0 Å². The molecule has 4 atom stereocenters. The number of fused-ring (bicyclic) bond motifs is 2. The molecule has 0 spiro atoms. The summed E-state index contributed by atoms with van der Waals surface area (Å²) in [6.45, 7) is 11.4. The number of aromatic amines is 2. The lowest BCUT2D eigenvalue weighted by molar-refractivity contribution is -0.137. The number of benzene rings is 3. The van der Waals surface area contributed by atoms with Crippen molar-refractivity contribution in [2.24, 2.45) is 17.8 Å². The van der Waals surface area contributed by atoms with Gasteiger partial charge in [0.15, 0.2) is 0 Å². The van der Waals surface area contributed by atoms with Crippen molar-refractivity contribution in [3.63, 3.8) is 0 Å². The van der Waals surface area contributed by atoms with Crippen molar-refractivity contribution in [1.82, 2.24) is 35.1 Å². The molecule has 2 aliphatic rings. The number of carbonyl (C=O) groups is 3. The van der Waals surface area contributed by atoms with Gasteiger partial charge in [-0.3, -0.25) is 9.59 Å². The first-order chi connectivity index (χ1) is 26.0. The Bertz CT molecular complexity index is 2260. The molecule has 2 saturated heterocycles. The van der Waals surface area contributed by atoms with Gasteiger partial charge in [0.1, 0.15) is 23.4 Å². The van der Waals surface area contributed by atoms with Crippen LogP contribution in [0.2, 0.25) is 0 Å². The van der Waals surface area contributed by atoms with E-state index in [1.807, 2.05) is 31.7 Å². The van der Waals surface area contributed by atoms with Crippen molar-refractivity contribution in [3.05, 3.63) is 83.7 Å². The highest BCUT2D eigenvalue weighted by Crippen LogP contribution is 2.35. The number of ether oxygens (including phenoxy) is 1. The fraction of sp³-hybridized carbons (Fsp3) is 0.419. The van der Waals surface area contributed by atoms with E-state index in [0.29, 0.717) is 24.0 Å². The van der Waals surface area contributed by atoms with Gasteiger partial charge >= 0.3 is 6.09 Å².